The molecule has 1 aromatic carbocycles. The van der Waals surface area contributed by atoms with E-state index in [0.717, 1.165) is 11.3 Å². The number of aryl methyl sites for hydroxylation is 1. The molecule has 0 aliphatic rings. The van der Waals surface area contributed by atoms with Gasteiger partial charge >= 0.3 is 5.97 Å². The molecule has 1 rings (SSSR count). The molecule has 0 heterocycles. The van der Waals surface area contributed by atoms with Gasteiger partial charge in [-0.3, -0.25) is 0 Å². The van der Waals surface area contributed by atoms with Crippen molar-refractivity contribution in [3.8, 4) is 5.75 Å². The molecular formula is C12H16O4. The average molecular weight is 224 g/mol. The fourth-order valence-corrected chi connectivity index (χ4v) is 1.16. The Hall–Kier alpha value is -1.55. The number of hydrogen-bond acceptors (Lipinski definition) is 3. The third-order valence-electron chi connectivity index (χ3n) is 2.06. The Kier molecular flexibility index (Phi) is 4.79. The largest absolute Gasteiger partial charge is 0.491 e. The number of hydrogen-bond donors (Lipinski definition) is 1. The molecule has 0 fully saturated rings. The topological polar surface area (TPSA) is 55.8 Å². The van der Waals surface area contributed by atoms with Crippen molar-refractivity contribution in [1.29, 1.82) is 0 Å². The molecule has 88 valence electrons. The van der Waals surface area contributed by atoms with Gasteiger partial charge in [-0.05, 0) is 31.5 Å². The highest BCUT2D eigenvalue weighted by molar-refractivity contribution is 5.71. The van der Waals surface area contributed by atoms with Gasteiger partial charge in [0.25, 0.3) is 0 Å². The molecule has 4 nitrogen and oxygen atoms in total. The van der Waals surface area contributed by atoms with Crippen LogP contribution in [0, 0.1) is 6.92 Å². The summed E-state index contributed by atoms with van der Waals surface area (Å²) in [7, 11) is 0. The number of benzene rings is 1. The number of rotatable bonds is 6. The van der Waals surface area contributed by atoms with Crippen LogP contribution in [0.15, 0.2) is 24.3 Å². The molecule has 0 saturated heterocycles. The summed E-state index contributed by atoms with van der Waals surface area (Å²) in [4.78, 5) is 10.4. The average Bonchev–Trinajstić information content (AvgIpc) is 2.24. The number of aliphatic carboxylic acids is 1. The van der Waals surface area contributed by atoms with E-state index in [2.05, 4.69) is 0 Å². The van der Waals surface area contributed by atoms with E-state index in [0.29, 0.717) is 6.61 Å². The van der Waals surface area contributed by atoms with Gasteiger partial charge in [-0.15, -0.1) is 0 Å². The Morgan fingerprint density at radius 1 is 1.44 bits per heavy atom. The van der Waals surface area contributed by atoms with E-state index in [1.54, 1.807) is 0 Å². The van der Waals surface area contributed by atoms with Crippen LogP contribution in [0.25, 0.3) is 0 Å². The van der Waals surface area contributed by atoms with Crippen LogP contribution in [0.2, 0.25) is 0 Å². The predicted molar refractivity (Wildman–Crippen MR) is 59.7 cm³/mol. The second-order valence-electron chi connectivity index (χ2n) is 3.52. The van der Waals surface area contributed by atoms with Gasteiger partial charge in [-0.25, -0.2) is 4.79 Å². The molecule has 0 aliphatic heterocycles. The van der Waals surface area contributed by atoms with Gasteiger partial charge in [0.15, 0.2) is 6.10 Å². The van der Waals surface area contributed by atoms with E-state index in [-0.39, 0.29) is 6.61 Å². The van der Waals surface area contributed by atoms with Gasteiger partial charge in [-0.1, -0.05) is 12.1 Å². The number of ether oxygens (including phenoxy) is 2. The monoisotopic (exact) mass is 224 g/mol. The van der Waals surface area contributed by atoms with Gasteiger partial charge in [0.05, 0.1) is 6.61 Å². The van der Waals surface area contributed by atoms with Crippen LogP contribution >= 0.6 is 0 Å². The standard InChI is InChI=1S/C12H16O4/c1-9-4-3-5-11(8-9)16-7-6-15-10(2)12(13)14/h3-5,8,10H,6-7H2,1-2H3,(H,13,14)/t10-/m0/s1. The zero-order valence-corrected chi connectivity index (χ0v) is 9.47. The highest BCUT2D eigenvalue weighted by Crippen LogP contribution is 2.11. The normalized spacial score (nSPS) is 12.1. The van der Waals surface area contributed by atoms with Crippen LogP contribution in [0.3, 0.4) is 0 Å². The van der Waals surface area contributed by atoms with Gasteiger partial charge in [0, 0.05) is 0 Å². The second kappa shape index (κ2) is 6.12. The molecule has 0 radical (unpaired) electrons. The van der Waals surface area contributed by atoms with Crippen molar-refractivity contribution in [2.24, 2.45) is 0 Å². The summed E-state index contributed by atoms with van der Waals surface area (Å²) in [5.74, 6) is -0.192. The molecule has 0 spiro atoms. The summed E-state index contributed by atoms with van der Waals surface area (Å²) in [6.45, 7) is 4.09. The first-order chi connectivity index (χ1) is 7.59. The molecule has 0 aliphatic carbocycles. The summed E-state index contributed by atoms with van der Waals surface area (Å²) in [5, 5.41) is 8.57. The Bertz CT molecular complexity index is 349. The quantitative estimate of drug-likeness (QED) is 0.749. The van der Waals surface area contributed by atoms with Crippen molar-refractivity contribution in [3.63, 3.8) is 0 Å². The van der Waals surface area contributed by atoms with E-state index >= 15 is 0 Å². The zero-order chi connectivity index (χ0) is 12.0. The van der Waals surface area contributed by atoms with E-state index in [1.165, 1.54) is 6.92 Å². The van der Waals surface area contributed by atoms with Crippen LogP contribution in [0.1, 0.15) is 12.5 Å². The lowest BCUT2D eigenvalue weighted by Crippen LogP contribution is -2.22. The Balaban J connectivity index is 2.23. The lowest BCUT2D eigenvalue weighted by atomic mass is 10.2. The fraction of sp³-hybridized carbons (Fsp3) is 0.417. The van der Waals surface area contributed by atoms with E-state index in [4.69, 9.17) is 14.6 Å². The summed E-state index contributed by atoms with van der Waals surface area (Å²) >= 11 is 0. The maximum Gasteiger partial charge on any atom is 0.332 e. The highest BCUT2D eigenvalue weighted by atomic mass is 16.5. The minimum absolute atomic E-state index is 0.265. The zero-order valence-electron chi connectivity index (χ0n) is 9.47. The first-order valence-electron chi connectivity index (χ1n) is 5.13. The highest BCUT2D eigenvalue weighted by Gasteiger charge is 2.09. The fourth-order valence-electron chi connectivity index (χ4n) is 1.16. The maximum absolute atomic E-state index is 10.4. The number of carboxylic acids is 1. The SMILES string of the molecule is Cc1cccc(OCCO[C@@H](C)C(=O)O)c1. The van der Waals surface area contributed by atoms with Crippen molar-refractivity contribution < 1.29 is 19.4 Å². The molecule has 16 heavy (non-hydrogen) atoms. The van der Waals surface area contributed by atoms with E-state index < -0.39 is 12.1 Å². The third kappa shape index (κ3) is 4.31. The Morgan fingerprint density at radius 2 is 2.19 bits per heavy atom. The van der Waals surface area contributed by atoms with Crippen molar-refractivity contribution in [1.82, 2.24) is 0 Å². The van der Waals surface area contributed by atoms with Crippen molar-refractivity contribution in [2.45, 2.75) is 20.0 Å². The first-order valence-corrected chi connectivity index (χ1v) is 5.13. The van der Waals surface area contributed by atoms with Crippen molar-refractivity contribution in [2.75, 3.05) is 13.2 Å². The van der Waals surface area contributed by atoms with Crippen LogP contribution in [-0.4, -0.2) is 30.4 Å². The van der Waals surface area contributed by atoms with Crippen molar-refractivity contribution in [3.05, 3.63) is 29.8 Å². The van der Waals surface area contributed by atoms with Crippen LogP contribution in [0.4, 0.5) is 0 Å². The van der Waals surface area contributed by atoms with E-state index in [1.807, 2.05) is 31.2 Å². The van der Waals surface area contributed by atoms with Crippen molar-refractivity contribution >= 4 is 5.97 Å². The van der Waals surface area contributed by atoms with Crippen LogP contribution in [0.5, 0.6) is 5.75 Å². The maximum atomic E-state index is 10.4. The predicted octanol–water partition coefficient (Wildman–Crippen LogP) is 1.86. The Morgan fingerprint density at radius 3 is 2.81 bits per heavy atom. The molecular weight excluding hydrogens is 208 g/mol. The molecule has 0 aromatic heterocycles. The molecule has 0 unspecified atom stereocenters. The number of carboxylic acid groups (broad SMARTS) is 1. The molecule has 0 saturated carbocycles. The lowest BCUT2D eigenvalue weighted by Gasteiger charge is -2.09. The molecule has 1 aromatic rings. The second-order valence-corrected chi connectivity index (χ2v) is 3.52. The van der Waals surface area contributed by atoms with Gasteiger partial charge in [0.2, 0.25) is 0 Å². The van der Waals surface area contributed by atoms with Gasteiger partial charge in [-0.2, -0.15) is 0 Å². The lowest BCUT2D eigenvalue weighted by molar-refractivity contribution is -0.149. The molecule has 4 heteroatoms. The third-order valence-corrected chi connectivity index (χ3v) is 2.06. The molecule has 1 atom stereocenters. The molecule has 1 N–H and O–H groups in total. The van der Waals surface area contributed by atoms with Crippen LogP contribution < -0.4 is 4.74 Å². The van der Waals surface area contributed by atoms with E-state index in [9.17, 15) is 4.79 Å². The van der Waals surface area contributed by atoms with Gasteiger partial charge in [0.1, 0.15) is 12.4 Å². The molecule has 0 bridgehead atoms. The van der Waals surface area contributed by atoms with Gasteiger partial charge < -0.3 is 14.6 Å². The summed E-state index contributed by atoms with van der Waals surface area (Å²) < 4.78 is 10.4. The first kappa shape index (κ1) is 12.5. The summed E-state index contributed by atoms with van der Waals surface area (Å²) in [6.07, 6.45) is -0.791. The van der Waals surface area contributed by atoms with Crippen LogP contribution in [-0.2, 0) is 9.53 Å². The summed E-state index contributed by atoms with van der Waals surface area (Å²) in [6, 6.07) is 7.66. The molecule has 0 amide bonds. The summed E-state index contributed by atoms with van der Waals surface area (Å²) in [5.41, 5.74) is 1.12. The Labute approximate surface area is 94.8 Å². The minimum Gasteiger partial charge on any atom is -0.491 e. The number of carbonyl (C=O) groups is 1. The smallest absolute Gasteiger partial charge is 0.332 e. The minimum atomic E-state index is -0.962.